The Bertz CT molecular complexity index is 2260. The number of aliphatic hydroxyl groups is 2. The third-order valence-electron chi connectivity index (χ3n) is 13.3. The van der Waals surface area contributed by atoms with Crippen LogP contribution in [0.25, 0.3) is 0 Å². The molecule has 3 aromatic rings. The molecular formula is C48H75N5O13Si2. The number of rotatable bonds is 22. The number of methoxy groups -OCH3 is 1. The average molecular weight is 986 g/mol. The van der Waals surface area contributed by atoms with Crippen molar-refractivity contribution < 1.29 is 52.8 Å². The SMILES string of the molecule is COc1ccc(Cn2c(=O)ccn([C@H]3O[C@@H](C(O)[C@H](NCCCNC(=O)[C@H](NC(=O)OCc4ccccc4)[C@@H](O)C(C)C)C(=O)O)[C@H](O[Si](C)(C)C(C)(C)C)[C@@H]3O[Si](C)(C)C(C)(C)C)c2=O)cc1. The minimum absolute atomic E-state index is 0.00696. The number of carbonyl (C=O) groups is 3. The molecule has 1 aliphatic rings. The first kappa shape index (κ1) is 55.9. The Morgan fingerprint density at radius 1 is 0.809 bits per heavy atom. The molecule has 18 nitrogen and oxygen atoms in total. The van der Waals surface area contributed by atoms with Crippen molar-refractivity contribution in [3.8, 4) is 5.75 Å². The molecule has 1 aromatic heterocycles. The van der Waals surface area contributed by atoms with Gasteiger partial charge in [-0.15, -0.1) is 0 Å². The largest absolute Gasteiger partial charge is 0.497 e. The first-order chi connectivity index (χ1) is 31.6. The number of hydrogen-bond acceptors (Lipinski definition) is 13. The highest BCUT2D eigenvalue weighted by molar-refractivity contribution is 6.74. The number of aliphatic carboxylic acids is 1. The Kier molecular flexibility index (Phi) is 19.1. The Morgan fingerprint density at radius 3 is 1.94 bits per heavy atom. The number of hydrogen-bond donors (Lipinski definition) is 6. The lowest BCUT2D eigenvalue weighted by Crippen LogP contribution is -2.59. The van der Waals surface area contributed by atoms with Crippen LogP contribution < -0.4 is 31.9 Å². The monoisotopic (exact) mass is 985 g/mol. The molecule has 2 aromatic carbocycles. The molecule has 2 heterocycles. The van der Waals surface area contributed by atoms with Gasteiger partial charge in [-0.2, -0.15) is 0 Å². The molecule has 8 atom stereocenters. The molecule has 0 aliphatic carbocycles. The van der Waals surface area contributed by atoms with Gasteiger partial charge in [0.1, 0.15) is 48.9 Å². The van der Waals surface area contributed by atoms with Crippen LogP contribution in [0.3, 0.4) is 0 Å². The van der Waals surface area contributed by atoms with E-state index in [1.165, 1.54) is 23.9 Å². The summed E-state index contributed by atoms with van der Waals surface area (Å²) in [5, 5.41) is 41.1. The highest BCUT2D eigenvalue weighted by Crippen LogP contribution is 2.46. The van der Waals surface area contributed by atoms with E-state index in [0.29, 0.717) is 11.3 Å². The molecule has 378 valence electrons. The van der Waals surface area contributed by atoms with Crippen LogP contribution in [0, 0.1) is 5.92 Å². The van der Waals surface area contributed by atoms with Crippen LogP contribution in [0.2, 0.25) is 36.3 Å². The maximum atomic E-state index is 14.5. The summed E-state index contributed by atoms with van der Waals surface area (Å²) >= 11 is 0. The van der Waals surface area contributed by atoms with Gasteiger partial charge in [-0.05, 0) is 78.4 Å². The molecule has 68 heavy (non-hydrogen) atoms. The van der Waals surface area contributed by atoms with Gasteiger partial charge in [0.05, 0.1) is 19.8 Å². The summed E-state index contributed by atoms with van der Waals surface area (Å²) in [6, 6.07) is 14.2. The van der Waals surface area contributed by atoms with Gasteiger partial charge in [0.25, 0.3) is 5.56 Å². The number of nitrogens with one attached hydrogen (secondary N) is 3. The summed E-state index contributed by atoms with van der Waals surface area (Å²) in [4.78, 5) is 66.9. The van der Waals surface area contributed by atoms with Gasteiger partial charge in [0.15, 0.2) is 22.9 Å². The topological polar surface area (TPSA) is 238 Å². The molecule has 0 spiro atoms. The average Bonchev–Trinajstić information content (AvgIpc) is 3.59. The Morgan fingerprint density at radius 2 is 1.40 bits per heavy atom. The molecule has 2 amide bonds. The molecule has 1 saturated heterocycles. The van der Waals surface area contributed by atoms with E-state index in [9.17, 15) is 39.3 Å². The minimum atomic E-state index is -2.78. The molecule has 0 bridgehead atoms. The van der Waals surface area contributed by atoms with Crippen molar-refractivity contribution in [2.75, 3.05) is 20.2 Å². The van der Waals surface area contributed by atoms with Crippen LogP contribution in [0.4, 0.5) is 4.79 Å². The molecule has 0 saturated carbocycles. The molecule has 20 heteroatoms. The lowest BCUT2D eigenvalue weighted by molar-refractivity contribution is -0.149. The van der Waals surface area contributed by atoms with Crippen LogP contribution in [0.1, 0.15) is 79.2 Å². The van der Waals surface area contributed by atoms with E-state index in [-0.39, 0.29) is 42.7 Å². The van der Waals surface area contributed by atoms with Gasteiger partial charge in [0.2, 0.25) is 5.91 Å². The van der Waals surface area contributed by atoms with E-state index in [2.05, 4.69) is 36.7 Å². The second-order valence-electron chi connectivity index (χ2n) is 20.8. The second kappa shape index (κ2) is 23.3. The van der Waals surface area contributed by atoms with Gasteiger partial charge in [0, 0.05) is 18.8 Å². The minimum Gasteiger partial charge on any atom is -0.497 e. The first-order valence-electron chi connectivity index (χ1n) is 23.1. The zero-order chi connectivity index (χ0) is 50.9. The van der Waals surface area contributed by atoms with Crippen molar-refractivity contribution in [3.05, 3.63) is 98.8 Å². The predicted octanol–water partition coefficient (Wildman–Crippen LogP) is 4.97. The van der Waals surface area contributed by atoms with Gasteiger partial charge in [-0.25, -0.2) is 9.59 Å². The van der Waals surface area contributed by atoms with Crippen LogP contribution in [0.15, 0.2) is 76.4 Å². The number of ether oxygens (including phenoxy) is 3. The molecule has 1 aliphatic heterocycles. The number of benzene rings is 2. The predicted molar refractivity (Wildman–Crippen MR) is 263 cm³/mol. The fraction of sp³-hybridized carbons (Fsp3) is 0.604. The van der Waals surface area contributed by atoms with Crippen LogP contribution in [-0.2, 0) is 41.1 Å². The van der Waals surface area contributed by atoms with E-state index >= 15 is 0 Å². The summed E-state index contributed by atoms with van der Waals surface area (Å²) in [5.74, 6) is -1.87. The van der Waals surface area contributed by atoms with E-state index in [1.807, 2.05) is 53.0 Å². The number of carbonyl (C=O) groups excluding carboxylic acids is 2. The van der Waals surface area contributed by atoms with Crippen molar-refractivity contribution in [2.45, 2.75) is 160 Å². The van der Waals surface area contributed by atoms with E-state index in [1.54, 1.807) is 62.4 Å². The van der Waals surface area contributed by atoms with E-state index < -0.39 is 101 Å². The Labute approximate surface area is 401 Å². The van der Waals surface area contributed by atoms with Crippen molar-refractivity contribution in [1.29, 1.82) is 0 Å². The summed E-state index contributed by atoms with van der Waals surface area (Å²) in [6.07, 6.45) is -7.18. The van der Waals surface area contributed by atoms with Crippen molar-refractivity contribution in [3.63, 3.8) is 0 Å². The van der Waals surface area contributed by atoms with Gasteiger partial charge in [-0.3, -0.25) is 23.5 Å². The number of aliphatic hydroxyl groups excluding tert-OH is 2. The lowest BCUT2D eigenvalue weighted by atomic mass is 9.99. The summed E-state index contributed by atoms with van der Waals surface area (Å²) in [7, 11) is -4.00. The summed E-state index contributed by atoms with van der Waals surface area (Å²) in [6.45, 7) is 23.7. The number of carboxylic acid groups (broad SMARTS) is 1. The quantitative estimate of drug-likeness (QED) is 0.0577. The van der Waals surface area contributed by atoms with Crippen LogP contribution in [0.5, 0.6) is 5.75 Å². The van der Waals surface area contributed by atoms with Gasteiger partial charge < -0.3 is 54.3 Å². The Balaban J connectivity index is 1.62. The number of amides is 2. The highest BCUT2D eigenvalue weighted by atomic mass is 28.4. The summed E-state index contributed by atoms with van der Waals surface area (Å²) < 4.78 is 33.8. The molecule has 0 radical (unpaired) electrons. The maximum Gasteiger partial charge on any atom is 0.408 e. The number of nitrogens with zero attached hydrogens (tertiary/aromatic N) is 2. The van der Waals surface area contributed by atoms with Crippen molar-refractivity contribution in [2.24, 2.45) is 5.92 Å². The van der Waals surface area contributed by atoms with Gasteiger partial charge >= 0.3 is 17.8 Å². The maximum absolute atomic E-state index is 14.5. The Hall–Kier alpha value is -4.68. The van der Waals surface area contributed by atoms with Crippen molar-refractivity contribution >= 4 is 34.6 Å². The first-order valence-corrected chi connectivity index (χ1v) is 28.9. The zero-order valence-corrected chi connectivity index (χ0v) is 43.9. The zero-order valence-electron chi connectivity index (χ0n) is 41.9. The lowest BCUT2D eigenvalue weighted by Gasteiger charge is -2.44. The fourth-order valence-electron chi connectivity index (χ4n) is 7.04. The number of alkyl carbamates (subject to hydrolysis) is 1. The fourth-order valence-corrected chi connectivity index (χ4v) is 9.62. The smallest absolute Gasteiger partial charge is 0.408 e. The molecule has 1 unspecified atom stereocenters. The normalized spacial score (nSPS) is 19.8. The highest BCUT2D eigenvalue weighted by Gasteiger charge is 2.57. The number of aromatic nitrogens is 2. The second-order valence-corrected chi connectivity index (χ2v) is 30.3. The molecule has 6 N–H and O–H groups in total. The third kappa shape index (κ3) is 14.2. The van der Waals surface area contributed by atoms with E-state index in [0.717, 1.165) is 10.1 Å². The number of carboxylic acids is 1. The molecule has 1 fully saturated rings. The third-order valence-corrected chi connectivity index (χ3v) is 22.3. The van der Waals surface area contributed by atoms with E-state index in [4.69, 9.17) is 23.1 Å². The van der Waals surface area contributed by atoms with Gasteiger partial charge in [-0.1, -0.05) is 97.9 Å². The molecule has 4 rings (SSSR count). The standard InChI is InChI=1S/C48H75N5O13Si2/c1-30(2)37(55)35(51-45(60)63-29-32-18-15-14-16-19-32)42(57)50-26-17-25-49-36(44(58)59)38(56)39-40(65-67(10,11)47(3,4)5)41(66-68(12,13)48(6,7)8)43(64-39)52-27-24-34(54)53(46(52)61)28-31-20-22-33(62-9)23-21-31/h14-16,18-24,27,30,35-41,43,49,55-56H,17,25-26,28-29H2,1-13H3,(H,50,57)(H,51,60)(H,58,59)/t35-,36+,37+,38?,39+,40+,41+,43+/m1/s1. The van der Waals surface area contributed by atoms with Crippen LogP contribution >= 0.6 is 0 Å². The molecular weight excluding hydrogens is 911 g/mol. The van der Waals surface area contributed by atoms with Crippen molar-refractivity contribution in [1.82, 2.24) is 25.1 Å². The summed E-state index contributed by atoms with van der Waals surface area (Å²) in [5.41, 5.74) is 0.141. The van der Waals surface area contributed by atoms with Crippen LogP contribution in [-0.4, -0.2) is 122 Å².